The molecule has 7 nitrogen and oxygen atoms in total. The molecule has 0 saturated carbocycles. The first-order valence-electron chi connectivity index (χ1n) is 11.1. The fourth-order valence-electron chi connectivity index (χ4n) is 4.35. The molecule has 1 aliphatic rings. The summed E-state index contributed by atoms with van der Waals surface area (Å²) in [6.07, 6.45) is 4.44. The van der Waals surface area contributed by atoms with Crippen molar-refractivity contribution in [1.29, 1.82) is 0 Å². The second-order valence-corrected chi connectivity index (χ2v) is 8.33. The van der Waals surface area contributed by atoms with Crippen LogP contribution in [0.5, 0.6) is 0 Å². The van der Waals surface area contributed by atoms with Crippen molar-refractivity contribution in [2.45, 2.75) is 38.0 Å². The lowest BCUT2D eigenvalue weighted by atomic mass is 9.95. The number of para-hydroxylation sites is 1. The van der Waals surface area contributed by atoms with Crippen molar-refractivity contribution in [3.05, 3.63) is 95.6 Å². The smallest absolute Gasteiger partial charge is 0.243 e. The molecule has 4 aromatic rings. The molecule has 0 saturated heterocycles. The Morgan fingerprint density at radius 1 is 1.03 bits per heavy atom. The molecule has 168 valence electrons. The van der Waals surface area contributed by atoms with Gasteiger partial charge in [-0.2, -0.15) is 0 Å². The summed E-state index contributed by atoms with van der Waals surface area (Å²) in [5, 5.41) is 10.2. The summed E-state index contributed by atoms with van der Waals surface area (Å²) in [7, 11) is 0. The molecule has 2 amide bonds. The van der Waals surface area contributed by atoms with Crippen LogP contribution in [0.1, 0.15) is 22.5 Å². The number of fused-ring (bicyclic) bond motifs is 2. The molecule has 1 aliphatic heterocycles. The highest BCUT2D eigenvalue weighted by Crippen LogP contribution is 2.20. The molecule has 4 N–H and O–H groups in total. The summed E-state index contributed by atoms with van der Waals surface area (Å²) in [5.41, 5.74) is 4.34. The highest BCUT2D eigenvalue weighted by molar-refractivity contribution is 5.91. The summed E-state index contributed by atoms with van der Waals surface area (Å²) >= 11 is 0. The lowest BCUT2D eigenvalue weighted by Gasteiger charge is -2.27. The Bertz CT molecular complexity index is 1260. The first-order chi connectivity index (χ1) is 16.2. The minimum atomic E-state index is -0.717. The number of amides is 2. The van der Waals surface area contributed by atoms with Gasteiger partial charge < -0.3 is 25.4 Å². The molecule has 0 aliphatic carbocycles. The van der Waals surface area contributed by atoms with Crippen LogP contribution in [0.25, 0.3) is 10.9 Å². The lowest BCUT2D eigenvalue weighted by Crippen LogP contribution is -2.54. The van der Waals surface area contributed by atoms with Crippen molar-refractivity contribution >= 4 is 22.7 Å². The van der Waals surface area contributed by atoms with Crippen LogP contribution in [0.2, 0.25) is 0 Å². The summed E-state index contributed by atoms with van der Waals surface area (Å²) in [6, 6.07) is 18.5. The van der Waals surface area contributed by atoms with E-state index in [-0.39, 0.29) is 24.4 Å². The maximum absolute atomic E-state index is 13.2. The lowest BCUT2D eigenvalue weighted by molar-refractivity contribution is -0.130. The number of aromatic amines is 1. The van der Waals surface area contributed by atoms with Gasteiger partial charge in [0.05, 0.1) is 18.8 Å². The number of aromatic nitrogens is 1. The third kappa shape index (κ3) is 4.68. The minimum absolute atomic E-state index is 0.178. The van der Waals surface area contributed by atoms with Crippen LogP contribution in [-0.4, -0.2) is 28.9 Å². The van der Waals surface area contributed by atoms with Gasteiger partial charge in [0.2, 0.25) is 11.8 Å². The zero-order valence-electron chi connectivity index (χ0n) is 18.1. The van der Waals surface area contributed by atoms with E-state index in [1.807, 2.05) is 42.6 Å². The van der Waals surface area contributed by atoms with Crippen molar-refractivity contribution in [3.63, 3.8) is 0 Å². The Morgan fingerprint density at radius 2 is 1.85 bits per heavy atom. The Balaban J connectivity index is 1.32. The summed E-state index contributed by atoms with van der Waals surface area (Å²) in [4.78, 5) is 29.5. The Hall–Kier alpha value is -3.84. The second-order valence-electron chi connectivity index (χ2n) is 8.33. The van der Waals surface area contributed by atoms with Crippen molar-refractivity contribution in [2.24, 2.45) is 0 Å². The maximum Gasteiger partial charge on any atom is 0.243 e. The Labute approximate surface area is 191 Å². The molecule has 0 bridgehead atoms. The number of hydrogen-bond acceptors (Lipinski definition) is 4. The van der Waals surface area contributed by atoms with Gasteiger partial charge in [-0.25, -0.2) is 0 Å². The van der Waals surface area contributed by atoms with E-state index in [4.69, 9.17) is 4.42 Å². The van der Waals surface area contributed by atoms with Crippen LogP contribution < -0.4 is 16.0 Å². The van der Waals surface area contributed by atoms with E-state index in [0.29, 0.717) is 25.1 Å². The van der Waals surface area contributed by atoms with Gasteiger partial charge in [-0.1, -0.05) is 42.5 Å². The van der Waals surface area contributed by atoms with Crippen LogP contribution in [0.4, 0.5) is 0 Å². The molecular formula is C26H26N4O3. The van der Waals surface area contributed by atoms with Crippen LogP contribution in [0.3, 0.4) is 0 Å². The number of nitrogens with one attached hydrogen (secondary N) is 4. The summed E-state index contributed by atoms with van der Waals surface area (Å²) in [5.74, 6) is 0.231. The van der Waals surface area contributed by atoms with E-state index >= 15 is 0 Å². The number of H-pyrrole nitrogens is 1. The van der Waals surface area contributed by atoms with Crippen LogP contribution in [0.15, 0.2) is 77.5 Å². The highest BCUT2D eigenvalue weighted by Gasteiger charge is 2.29. The summed E-state index contributed by atoms with van der Waals surface area (Å²) < 4.78 is 5.32. The average molecular weight is 443 g/mol. The quantitative estimate of drug-likeness (QED) is 0.354. The number of benzene rings is 2. The normalized spacial score (nSPS) is 16.2. The van der Waals surface area contributed by atoms with E-state index < -0.39 is 6.04 Å². The molecule has 2 aromatic carbocycles. The van der Waals surface area contributed by atoms with E-state index in [9.17, 15) is 9.59 Å². The Morgan fingerprint density at radius 3 is 2.70 bits per heavy atom. The van der Waals surface area contributed by atoms with Crippen molar-refractivity contribution in [1.82, 2.24) is 20.9 Å². The molecule has 0 unspecified atom stereocenters. The fraction of sp³-hybridized carbons (Fsp3) is 0.231. The first kappa shape index (κ1) is 21.0. The molecule has 7 heteroatoms. The van der Waals surface area contributed by atoms with Gasteiger partial charge in [-0.3, -0.25) is 9.59 Å². The Kier molecular flexibility index (Phi) is 5.95. The molecular weight excluding hydrogens is 416 g/mol. The number of carbonyl (C=O) groups excluding carboxylic acids is 2. The topological polar surface area (TPSA) is 99.2 Å². The number of furan rings is 1. The number of carbonyl (C=O) groups is 2. The molecule has 0 spiro atoms. The van der Waals surface area contributed by atoms with Crippen LogP contribution in [-0.2, 0) is 35.5 Å². The minimum Gasteiger partial charge on any atom is -0.467 e. The maximum atomic E-state index is 13.2. The molecule has 5 rings (SSSR count). The van der Waals surface area contributed by atoms with Gasteiger partial charge in [-0.15, -0.1) is 0 Å². The van der Waals surface area contributed by atoms with Crippen molar-refractivity contribution in [2.75, 3.05) is 0 Å². The molecule has 3 heterocycles. The molecule has 33 heavy (non-hydrogen) atoms. The van der Waals surface area contributed by atoms with Crippen LogP contribution in [0, 0.1) is 0 Å². The number of rotatable bonds is 7. The largest absolute Gasteiger partial charge is 0.467 e. The van der Waals surface area contributed by atoms with Crippen LogP contribution >= 0.6 is 0 Å². The average Bonchev–Trinajstić information content (AvgIpc) is 3.52. The predicted molar refractivity (Wildman–Crippen MR) is 125 cm³/mol. The van der Waals surface area contributed by atoms with E-state index in [1.54, 1.807) is 18.4 Å². The van der Waals surface area contributed by atoms with Crippen molar-refractivity contribution in [3.8, 4) is 0 Å². The molecule has 2 aromatic heterocycles. The van der Waals surface area contributed by atoms with Gasteiger partial charge in [-0.05, 0) is 41.3 Å². The van der Waals surface area contributed by atoms with E-state index in [2.05, 4.69) is 33.1 Å². The van der Waals surface area contributed by atoms with Crippen molar-refractivity contribution < 1.29 is 14.0 Å². The summed E-state index contributed by atoms with van der Waals surface area (Å²) in [6.45, 7) is 0.896. The van der Waals surface area contributed by atoms with Gasteiger partial charge in [0.15, 0.2) is 0 Å². The number of hydrogen-bond donors (Lipinski definition) is 4. The molecule has 2 atom stereocenters. The fourth-order valence-corrected chi connectivity index (χ4v) is 4.35. The highest BCUT2D eigenvalue weighted by atomic mass is 16.3. The molecule has 0 fully saturated rings. The third-order valence-electron chi connectivity index (χ3n) is 6.15. The monoisotopic (exact) mass is 442 g/mol. The van der Waals surface area contributed by atoms with Gasteiger partial charge in [0.1, 0.15) is 11.8 Å². The zero-order valence-corrected chi connectivity index (χ0v) is 18.1. The van der Waals surface area contributed by atoms with Gasteiger partial charge in [0.25, 0.3) is 0 Å². The van der Waals surface area contributed by atoms with E-state index in [1.165, 1.54) is 5.56 Å². The third-order valence-corrected chi connectivity index (χ3v) is 6.15. The first-order valence-corrected chi connectivity index (χ1v) is 11.1. The molecule has 0 radical (unpaired) electrons. The SMILES string of the molecule is O=C(N[C@H](Cc1c[nH]c2ccccc12)C(=O)NCc1ccco1)[C@H]1Cc2ccccc2CN1. The van der Waals surface area contributed by atoms with Gasteiger partial charge >= 0.3 is 0 Å². The predicted octanol–water partition coefficient (Wildman–Crippen LogP) is 2.82. The zero-order chi connectivity index (χ0) is 22.6. The second kappa shape index (κ2) is 9.34. The van der Waals surface area contributed by atoms with E-state index in [0.717, 1.165) is 22.0 Å². The van der Waals surface area contributed by atoms with Gasteiger partial charge in [0, 0.05) is 30.1 Å². The standard InChI is InChI=1S/C26H26N4O3/c31-25(29-16-20-8-5-11-33-20)24(13-19-15-27-22-10-4-3-9-21(19)22)30-26(32)23-12-17-6-1-2-7-18(17)14-28-23/h1-11,15,23-24,27-28H,12-14,16H2,(H,29,31)(H,30,32)/t23-,24-/m1/s1.